The predicted octanol–water partition coefficient (Wildman–Crippen LogP) is 4.81. The van der Waals surface area contributed by atoms with Crippen molar-refractivity contribution in [2.45, 2.75) is 26.2 Å². The van der Waals surface area contributed by atoms with Crippen molar-refractivity contribution in [3.8, 4) is 0 Å². The van der Waals surface area contributed by atoms with E-state index in [1.54, 1.807) is 0 Å². The monoisotopic (exact) mass is 270 g/mol. The highest BCUT2D eigenvalue weighted by molar-refractivity contribution is 5.28. The second kappa shape index (κ2) is 4.17. The first-order chi connectivity index (χ1) is 7.96. The molecule has 0 aromatic carbocycles. The number of hydrogen-bond acceptors (Lipinski definition) is 0. The average Bonchev–Trinajstić information content (AvgIpc) is 2.39. The van der Waals surface area contributed by atoms with E-state index < -0.39 is 23.2 Å². The van der Waals surface area contributed by atoms with Crippen LogP contribution in [0.15, 0.2) is 36.5 Å². The van der Waals surface area contributed by atoms with Crippen LogP contribution in [0.2, 0.25) is 0 Å². The molecule has 0 aliphatic heterocycles. The molecule has 0 heterocycles. The Balaban J connectivity index is 3.47. The molecule has 0 fully saturated rings. The molecule has 0 radical (unpaired) electrons. The Morgan fingerprint density at radius 3 is 1.33 bits per heavy atom. The fraction of sp³-hybridized carbons (Fsp3) is 0.500. The highest BCUT2D eigenvalue weighted by atomic mass is 19.4. The third-order valence-corrected chi connectivity index (χ3v) is 3.43. The van der Waals surface area contributed by atoms with Gasteiger partial charge in [0.15, 0.2) is 5.41 Å². The zero-order valence-corrected chi connectivity index (χ0v) is 9.73. The highest BCUT2D eigenvalue weighted by Crippen LogP contribution is 2.61. The van der Waals surface area contributed by atoms with Crippen molar-refractivity contribution >= 4 is 0 Å². The van der Waals surface area contributed by atoms with E-state index in [0.717, 1.165) is 19.1 Å². The lowest BCUT2D eigenvalue weighted by Gasteiger charge is -2.44. The third kappa shape index (κ3) is 2.08. The predicted molar refractivity (Wildman–Crippen MR) is 55.7 cm³/mol. The van der Waals surface area contributed by atoms with Gasteiger partial charge in [-0.15, -0.1) is 0 Å². The van der Waals surface area contributed by atoms with Gasteiger partial charge in [-0.3, -0.25) is 0 Å². The van der Waals surface area contributed by atoms with Gasteiger partial charge in [0.1, 0.15) is 0 Å². The number of halogens is 6. The fourth-order valence-corrected chi connectivity index (χ4v) is 1.80. The molecule has 0 aromatic rings. The van der Waals surface area contributed by atoms with E-state index in [9.17, 15) is 26.3 Å². The molecule has 1 aliphatic rings. The van der Waals surface area contributed by atoms with Crippen LogP contribution in [0, 0.1) is 10.8 Å². The van der Waals surface area contributed by atoms with Crippen molar-refractivity contribution in [2.24, 2.45) is 10.8 Å². The van der Waals surface area contributed by atoms with Crippen molar-refractivity contribution in [1.29, 1.82) is 0 Å². The molecule has 0 aromatic heterocycles. The van der Waals surface area contributed by atoms with E-state index in [1.807, 2.05) is 0 Å². The SMILES string of the molecule is CC1(C(C)(C(F)(F)F)C(F)(F)F)C=CC=CC=C1. The second-order valence-corrected chi connectivity index (χ2v) is 4.51. The largest absolute Gasteiger partial charge is 0.404 e. The molecule has 1 aliphatic carbocycles. The Hall–Kier alpha value is -1.20. The Labute approximate surface area is 101 Å². The molecule has 0 saturated heterocycles. The summed E-state index contributed by atoms with van der Waals surface area (Å²) in [6.07, 6.45) is -3.81. The van der Waals surface area contributed by atoms with Crippen molar-refractivity contribution < 1.29 is 26.3 Å². The second-order valence-electron chi connectivity index (χ2n) is 4.51. The summed E-state index contributed by atoms with van der Waals surface area (Å²) in [5, 5.41) is 0. The molecule has 0 amide bonds. The highest BCUT2D eigenvalue weighted by Gasteiger charge is 2.73. The smallest absolute Gasteiger partial charge is 0.170 e. The molecule has 1 rings (SSSR count). The molecule has 0 spiro atoms. The first-order valence-corrected chi connectivity index (χ1v) is 5.13. The molecule has 0 bridgehead atoms. The van der Waals surface area contributed by atoms with Gasteiger partial charge in [0, 0.05) is 5.41 Å². The molecule has 0 nitrogen and oxygen atoms in total. The van der Waals surface area contributed by atoms with E-state index in [-0.39, 0.29) is 6.92 Å². The van der Waals surface area contributed by atoms with Gasteiger partial charge in [-0.2, -0.15) is 26.3 Å². The molecular formula is C12H12F6. The molecule has 0 saturated carbocycles. The van der Waals surface area contributed by atoms with Crippen LogP contribution >= 0.6 is 0 Å². The van der Waals surface area contributed by atoms with Crippen LogP contribution in [0.4, 0.5) is 26.3 Å². The summed E-state index contributed by atoms with van der Waals surface area (Å²) in [5.41, 5.74) is -6.03. The van der Waals surface area contributed by atoms with Crippen LogP contribution in [-0.2, 0) is 0 Å². The molecule has 0 N–H and O–H groups in total. The van der Waals surface area contributed by atoms with Gasteiger partial charge in [0.2, 0.25) is 0 Å². The van der Waals surface area contributed by atoms with Gasteiger partial charge >= 0.3 is 12.4 Å². The molecule has 0 atom stereocenters. The van der Waals surface area contributed by atoms with E-state index in [0.29, 0.717) is 0 Å². The summed E-state index contributed by atoms with van der Waals surface area (Å²) in [7, 11) is 0. The Morgan fingerprint density at radius 1 is 0.722 bits per heavy atom. The number of hydrogen-bond donors (Lipinski definition) is 0. The van der Waals surface area contributed by atoms with Gasteiger partial charge in [-0.05, 0) is 6.92 Å². The summed E-state index contributed by atoms with van der Waals surface area (Å²) in [5.74, 6) is 0. The standard InChI is InChI=1S/C12H12F6/c1-9(7-5-3-4-6-8-9)10(2,11(13,14)15)12(16,17)18/h3-8H,1-2H3. The summed E-state index contributed by atoms with van der Waals surface area (Å²) in [6.45, 7) is 1.11. The Morgan fingerprint density at radius 2 is 1.06 bits per heavy atom. The first-order valence-electron chi connectivity index (χ1n) is 5.13. The minimum atomic E-state index is -5.40. The normalized spacial score (nSPS) is 20.0. The van der Waals surface area contributed by atoms with Crippen LogP contribution in [0.25, 0.3) is 0 Å². The average molecular weight is 270 g/mol. The molecule has 18 heavy (non-hydrogen) atoms. The van der Waals surface area contributed by atoms with Crippen molar-refractivity contribution in [1.82, 2.24) is 0 Å². The van der Waals surface area contributed by atoms with Gasteiger partial charge in [-0.25, -0.2) is 0 Å². The van der Waals surface area contributed by atoms with E-state index in [1.165, 1.54) is 24.3 Å². The van der Waals surface area contributed by atoms with Crippen LogP contribution in [-0.4, -0.2) is 12.4 Å². The fourth-order valence-electron chi connectivity index (χ4n) is 1.80. The number of alkyl halides is 6. The summed E-state index contributed by atoms with van der Waals surface area (Å²) < 4.78 is 77.7. The van der Waals surface area contributed by atoms with E-state index >= 15 is 0 Å². The van der Waals surface area contributed by atoms with E-state index in [2.05, 4.69) is 0 Å². The topological polar surface area (TPSA) is 0 Å². The van der Waals surface area contributed by atoms with Gasteiger partial charge in [0.05, 0.1) is 0 Å². The molecule has 102 valence electrons. The molecule has 0 unspecified atom stereocenters. The maximum Gasteiger partial charge on any atom is 0.404 e. The molecule has 6 heteroatoms. The van der Waals surface area contributed by atoms with Crippen LogP contribution in [0.1, 0.15) is 13.8 Å². The van der Waals surface area contributed by atoms with Crippen molar-refractivity contribution in [2.75, 3.05) is 0 Å². The summed E-state index contributed by atoms with van der Waals surface area (Å²) in [6, 6.07) is 0. The minimum absolute atomic E-state index is 0.188. The lowest BCUT2D eigenvalue weighted by molar-refractivity contribution is -0.356. The first kappa shape index (κ1) is 14.9. The zero-order chi connectivity index (χ0) is 14.2. The quantitative estimate of drug-likeness (QED) is 0.600. The van der Waals surface area contributed by atoms with Crippen LogP contribution < -0.4 is 0 Å². The summed E-state index contributed by atoms with van der Waals surface area (Å²) in [4.78, 5) is 0. The van der Waals surface area contributed by atoms with Gasteiger partial charge < -0.3 is 0 Å². The summed E-state index contributed by atoms with van der Waals surface area (Å²) >= 11 is 0. The van der Waals surface area contributed by atoms with Crippen LogP contribution in [0.3, 0.4) is 0 Å². The number of rotatable bonds is 1. The maximum absolute atomic E-state index is 13.0. The number of allylic oxidation sites excluding steroid dienone is 6. The maximum atomic E-state index is 13.0. The lowest BCUT2D eigenvalue weighted by Crippen LogP contribution is -2.56. The Kier molecular flexibility index (Phi) is 3.44. The van der Waals surface area contributed by atoms with Crippen molar-refractivity contribution in [3.63, 3.8) is 0 Å². The molecular weight excluding hydrogens is 258 g/mol. The third-order valence-electron chi connectivity index (χ3n) is 3.43. The van der Waals surface area contributed by atoms with Crippen LogP contribution in [0.5, 0.6) is 0 Å². The van der Waals surface area contributed by atoms with Gasteiger partial charge in [0.25, 0.3) is 0 Å². The minimum Gasteiger partial charge on any atom is -0.170 e. The van der Waals surface area contributed by atoms with E-state index in [4.69, 9.17) is 0 Å². The zero-order valence-electron chi connectivity index (χ0n) is 9.73. The van der Waals surface area contributed by atoms with Crippen molar-refractivity contribution in [3.05, 3.63) is 36.5 Å². The van der Waals surface area contributed by atoms with Gasteiger partial charge in [-0.1, -0.05) is 43.4 Å². The Bertz CT molecular complexity index is 364. The lowest BCUT2D eigenvalue weighted by atomic mass is 9.64.